The Morgan fingerprint density at radius 3 is 2.86 bits per heavy atom. The molecule has 14 heavy (non-hydrogen) atoms. The molecule has 1 aliphatic carbocycles. The zero-order chi connectivity index (χ0) is 10.2. The van der Waals surface area contributed by atoms with Crippen molar-refractivity contribution in [3.05, 3.63) is 20.8 Å². The van der Waals surface area contributed by atoms with Crippen LogP contribution in [0.15, 0.2) is 15.9 Å². The van der Waals surface area contributed by atoms with E-state index >= 15 is 0 Å². The minimum Gasteiger partial charge on any atom is -0.390 e. The van der Waals surface area contributed by atoms with Gasteiger partial charge in [0.2, 0.25) is 0 Å². The summed E-state index contributed by atoms with van der Waals surface area (Å²) in [6, 6.07) is 2.10. The van der Waals surface area contributed by atoms with Gasteiger partial charge >= 0.3 is 0 Å². The van der Waals surface area contributed by atoms with Crippen LogP contribution in [0, 0.1) is 5.92 Å². The maximum atomic E-state index is 10.2. The topological polar surface area (TPSA) is 20.2 Å². The summed E-state index contributed by atoms with van der Waals surface area (Å²) >= 11 is 5.15. The van der Waals surface area contributed by atoms with Crippen LogP contribution in [0.4, 0.5) is 0 Å². The van der Waals surface area contributed by atoms with Crippen LogP contribution in [0.1, 0.15) is 31.1 Å². The molecule has 0 aliphatic heterocycles. The predicted molar refractivity (Wildman–Crippen MR) is 63.7 cm³/mol. The van der Waals surface area contributed by atoms with Crippen LogP contribution in [0.5, 0.6) is 0 Å². The SMILES string of the molecule is CC(O)(Cc1cc(Br)cs1)CC1CC1. The smallest absolute Gasteiger partial charge is 0.0670 e. The average molecular weight is 275 g/mol. The summed E-state index contributed by atoms with van der Waals surface area (Å²) < 4.78 is 1.12. The van der Waals surface area contributed by atoms with E-state index in [1.807, 2.05) is 6.92 Å². The molecule has 1 nitrogen and oxygen atoms in total. The van der Waals surface area contributed by atoms with Crippen molar-refractivity contribution >= 4 is 27.3 Å². The first kappa shape index (κ1) is 10.7. The van der Waals surface area contributed by atoms with E-state index in [1.54, 1.807) is 11.3 Å². The lowest BCUT2D eigenvalue weighted by molar-refractivity contribution is 0.0463. The second-order valence-corrected chi connectivity index (χ2v) is 6.46. The molecule has 0 amide bonds. The summed E-state index contributed by atoms with van der Waals surface area (Å²) in [5.41, 5.74) is -0.508. The average Bonchev–Trinajstić information content (AvgIpc) is 2.74. The Morgan fingerprint density at radius 1 is 1.64 bits per heavy atom. The molecular weight excluding hydrogens is 260 g/mol. The molecule has 0 aromatic carbocycles. The summed E-state index contributed by atoms with van der Waals surface area (Å²) in [4.78, 5) is 1.27. The highest BCUT2D eigenvalue weighted by molar-refractivity contribution is 9.10. The van der Waals surface area contributed by atoms with E-state index in [0.29, 0.717) is 0 Å². The molecule has 1 fully saturated rings. The predicted octanol–water partition coefficient (Wildman–Crippen LogP) is 3.60. The van der Waals surface area contributed by atoms with Gasteiger partial charge in [-0.2, -0.15) is 0 Å². The molecule has 1 N–H and O–H groups in total. The molecule has 0 spiro atoms. The minimum atomic E-state index is -0.508. The number of halogens is 1. The normalized spacial score (nSPS) is 20.8. The van der Waals surface area contributed by atoms with E-state index in [1.165, 1.54) is 17.7 Å². The maximum Gasteiger partial charge on any atom is 0.0670 e. The Kier molecular flexibility index (Phi) is 3.01. The first-order chi connectivity index (χ1) is 6.55. The highest BCUT2D eigenvalue weighted by Gasteiger charge is 2.31. The Balaban J connectivity index is 1.94. The van der Waals surface area contributed by atoms with Crippen molar-refractivity contribution in [1.82, 2.24) is 0 Å². The molecule has 78 valence electrons. The molecule has 0 bridgehead atoms. The number of hydrogen-bond donors (Lipinski definition) is 1. The summed E-state index contributed by atoms with van der Waals surface area (Å²) in [5.74, 6) is 0.786. The van der Waals surface area contributed by atoms with Crippen molar-refractivity contribution in [3.8, 4) is 0 Å². The van der Waals surface area contributed by atoms with Gasteiger partial charge in [-0.15, -0.1) is 11.3 Å². The van der Waals surface area contributed by atoms with Crippen molar-refractivity contribution in [3.63, 3.8) is 0 Å². The van der Waals surface area contributed by atoms with Gasteiger partial charge < -0.3 is 5.11 Å². The molecule has 3 heteroatoms. The molecule has 0 radical (unpaired) electrons. The Morgan fingerprint density at radius 2 is 2.36 bits per heavy atom. The van der Waals surface area contributed by atoms with Crippen LogP contribution in [0.2, 0.25) is 0 Å². The second kappa shape index (κ2) is 3.95. The highest BCUT2D eigenvalue weighted by atomic mass is 79.9. The van der Waals surface area contributed by atoms with Crippen LogP contribution in [-0.2, 0) is 6.42 Å². The second-order valence-electron chi connectivity index (χ2n) is 4.55. The first-order valence-corrected chi connectivity index (χ1v) is 6.68. The largest absolute Gasteiger partial charge is 0.390 e. The lowest BCUT2D eigenvalue weighted by Gasteiger charge is -2.22. The number of aliphatic hydroxyl groups is 1. The van der Waals surface area contributed by atoms with Crippen molar-refractivity contribution in [2.45, 2.75) is 38.2 Å². The third-order valence-electron chi connectivity index (χ3n) is 2.60. The summed E-state index contributed by atoms with van der Waals surface area (Å²) in [6.07, 6.45) is 4.37. The van der Waals surface area contributed by atoms with Gasteiger partial charge in [0, 0.05) is 21.2 Å². The van der Waals surface area contributed by atoms with Crippen LogP contribution in [-0.4, -0.2) is 10.7 Å². The monoisotopic (exact) mass is 274 g/mol. The molecule has 1 heterocycles. The minimum absolute atomic E-state index is 0.508. The lowest BCUT2D eigenvalue weighted by atomic mass is 9.94. The molecule has 1 atom stereocenters. The van der Waals surface area contributed by atoms with E-state index in [4.69, 9.17) is 0 Å². The molecule has 1 aromatic rings. The fraction of sp³-hybridized carbons (Fsp3) is 0.636. The van der Waals surface area contributed by atoms with Crippen molar-refractivity contribution in [1.29, 1.82) is 0 Å². The van der Waals surface area contributed by atoms with Gasteiger partial charge in [-0.05, 0) is 41.3 Å². The highest BCUT2D eigenvalue weighted by Crippen LogP contribution is 2.38. The van der Waals surface area contributed by atoms with E-state index in [0.717, 1.165) is 23.2 Å². The Labute approximate surface area is 97.3 Å². The summed E-state index contributed by atoms with van der Waals surface area (Å²) in [5, 5.41) is 12.3. The van der Waals surface area contributed by atoms with Crippen LogP contribution < -0.4 is 0 Å². The zero-order valence-corrected chi connectivity index (χ0v) is 10.7. The third-order valence-corrected chi connectivity index (χ3v) is 4.30. The Hall–Kier alpha value is 0.140. The number of hydrogen-bond acceptors (Lipinski definition) is 2. The van der Waals surface area contributed by atoms with Gasteiger partial charge in [-0.1, -0.05) is 12.8 Å². The molecule has 1 aliphatic rings. The van der Waals surface area contributed by atoms with Gasteiger partial charge in [0.25, 0.3) is 0 Å². The summed E-state index contributed by atoms with van der Waals surface area (Å²) in [6.45, 7) is 1.96. The van der Waals surface area contributed by atoms with E-state index in [-0.39, 0.29) is 0 Å². The van der Waals surface area contributed by atoms with Crippen LogP contribution >= 0.6 is 27.3 Å². The van der Waals surface area contributed by atoms with Crippen LogP contribution in [0.25, 0.3) is 0 Å². The zero-order valence-electron chi connectivity index (χ0n) is 8.29. The molecular formula is C11H15BrOS. The summed E-state index contributed by atoms with van der Waals surface area (Å²) in [7, 11) is 0. The molecule has 1 unspecified atom stereocenters. The molecule has 1 saturated carbocycles. The van der Waals surface area contributed by atoms with Crippen molar-refractivity contribution < 1.29 is 5.11 Å². The third kappa shape index (κ3) is 3.07. The van der Waals surface area contributed by atoms with Gasteiger partial charge in [0.05, 0.1) is 5.60 Å². The maximum absolute atomic E-state index is 10.2. The van der Waals surface area contributed by atoms with Gasteiger partial charge in [-0.3, -0.25) is 0 Å². The fourth-order valence-electron chi connectivity index (χ4n) is 1.84. The standard InChI is InChI=1S/C11H15BrOS/c1-11(13,5-8-2-3-8)6-10-4-9(12)7-14-10/h4,7-8,13H,2-3,5-6H2,1H3. The molecule has 1 aromatic heterocycles. The molecule has 0 saturated heterocycles. The van der Waals surface area contributed by atoms with E-state index in [2.05, 4.69) is 27.4 Å². The number of rotatable bonds is 4. The van der Waals surface area contributed by atoms with Crippen molar-refractivity contribution in [2.75, 3.05) is 0 Å². The molecule has 2 rings (SSSR count). The van der Waals surface area contributed by atoms with Crippen LogP contribution in [0.3, 0.4) is 0 Å². The van der Waals surface area contributed by atoms with Gasteiger partial charge in [0.15, 0.2) is 0 Å². The lowest BCUT2D eigenvalue weighted by Crippen LogP contribution is -2.27. The quantitative estimate of drug-likeness (QED) is 0.890. The first-order valence-electron chi connectivity index (χ1n) is 5.00. The van der Waals surface area contributed by atoms with Gasteiger partial charge in [0.1, 0.15) is 0 Å². The van der Waals surface area contributed by atoms with Gasteiger partial charge in [-0.25, -0.2) is 0 Å². The van der Waals surface area contributed by atoms with E-state index in [9.17, 15) is 5.11 Å². The fourth-order valence-corrected chi connectivity index (χ4v) is 3.47. The van der Waals surface area contributed by atoms with E-state index < -0.39 is 5.60 Å². The number of thiophene rings is 1. The Bertz CT molecular complexity index is 315. The van der Waals surface area contributed by atoms with Crippen molar-refractivity contribution in [2.24, 2.45) is 5.92 Å².